The third kappa shape index (κ3) is 3.22. The van der Waals surface area contributed by atoms with Crippen LogP contribution in [0.3, 0.4) is 0 Å². The lowest BCUT2D eigenvalue weighted by Crippen LogP contribution is -2.33. The SMILES string of the molecule is COC(=O)C1CCCC1C(=O)OC(C)(C)C. The maximum Gasteiger partial charge on any atom is 0.310 e. The molecule has 0 aliphatic heterocycles. The Kier molecular flexibility index (Phi) is 3.94. The first-order valence-corrected chi connectivity index (χ1v) is 5.66. The van der Waals surface area contributed by atoms with Gasteiger partial charge in [0.15, 0.2) is 0 Å². The minimum atomic E-state index is -0.500. The molecule has 0 heterocycles. The van der Waals surface area contributed by atoms with Crippen LogP contribution in [0.25, 0.3) is 0 Å². The fourth-order valence-electron chi connectivity index (χ4n) is 2.05. The zero-order valence-corrected chi connectivity index (χ0v) is 10.4. The highest BCUT2D eigenvalue weighted by Gasteiger charge is 2.40. The highest BCUT2D eigenvalue weighted by Crippen LogP contribution is 2.34. The Morgan fingerprint density at radius 1 is 1.06 bits per heavy atom. The summed E-state index contributed by atoms with van der Waals surface area (Å²) >= 11 is 0. The quantitative estimate of drug-likeness (QED) is 0.677. The largest absolute Gasteiger partial charge is 0.469 e. The number of hydrogen-bond acceptors (Lipinski definition) is 4. The first-order chi connectivity index (χ1) is 7.35. The molecule has 2 atom stereocenters. The van der Waals surface area contributed by atoms with Crippen molar-refractivity contribution in [3.63, 3.8) is 0 Å². The second-order valence-electron chi connectivity index (χ2n) is 5.20. The molecule has 2 unspecified atom stereocenters. The van der Waals surface area contributed by atoms with Gasteiger partial charge in [0, 0.05) is 0 Å². The number of methoxy groups -OCH3 is 1. The number of esters is 2. The molecular formula is C12H20O4. The summed E-state index contributed by atoms with van der Waals surface area (Å²) in [6, 6.07) is 0. The minimum Gasteiger partial charge on any atom is -0.469 e. The number of hydrogen-bond donors (Lipinski definition) is 0. The van der Waals surface area contributed by atoms with Crippen LogP contribution in [0.4, 0.5) is 0 Å². The van der Waals surface area contributed by atoms with Gasteiger partial charge in [0.25, 0.3) is 0 Å². The molecule has 0 N–H and O–H groups in total. The van der Waals surface area contributed by atoms with Crippen LogP contribution in [0.2, 0.25) is 0 Å². The van der Waals surface area contributed by atoms with Crippen molar-refractivity contribution >= 4 is 11.9 Å². The van der Waals surface area contributed by atoms with Gasteiger partial charge in [-0.3, -0.25) is 9.59 Å². The molecule has 0 saturated heterocycles. The molecule has 0 radical (unpaired) electrons. The van der Waals surface area contributed by atoms with E-state index in [4.69, 9.17) is 9.47 Å². The van der Waals surface area contributed by atoms with Crippen molar-refractivity contribution in [1.29, 1.82) is 0 Å². The Morgan fingerprint density at radius 2 is 1.56 bits per heavy atom. The summed E-state index contributed by atoms with van der Waals surface area (Å²) in [5.74, 6) is -1.22. The molecule has 0 aromatic carbocycles. The van der Waals surface area contributed by atoms with Gasteiger partial charge in [0.05, 0.1) is 18.9 Å². The van der Waals surface area contributed by atoms with E-state index in [1.165, 1.54) is 7.11 Å². The Balaban J connectivity index is 2.65. The fourth-order valence-corrected chi connectivity index (χ4v) is 2.05. The maximum atomic E-state index is 11.9. The van der Waals surface area contributed by atoms with Gasteiger partial charge < -0.3 is 9.47 Å². The summed E-state index contributed by atoms with van der Waals surface area (Å²) in [6.07, 6.45) is 2.31. The summed E-state index contributed by atoms with van der Waals surface area (Å²) in [5, 5.41) is 0. The van der Waals surface area contributed by atoms with Crippen LogP contribution in [-0.2, 0) is 19.1 Å². The summed E-state index contributed by atoms with van der Waals surface area (Å²) in [4.78, 5) is 23.3. The van der Waals surface area contributed by atoms with Gasteiger partial charge in [0.2, 0.25) is 0 Å². The van der Waals surface area contributed by atoms with E-state index in [2.05, 4.69) is 0 Å². The molecule has 4 heteroatoms. The molecule has 4 nitrogen and oxygen atoms in total. The van der Waals surface area contributed by atoms with Crippen LogP contribution < -0.4 is 0 Å². The zero-order valence-electron chi connectivity index (χ0n) is 10.4. The van der Waals surface area contributed by atoms with Gasteiger partial charge in [-0.05, 0) is 33.6 Å². The number of carbonyl (C=O) groups is 2. The van der Waals surface area contributed by atoms with Gasteiger partial charge in [-0.15, -0.1) is 0 Å². The highest BCUT2D eigenvalue weighted by atomic mass is 16.6. The van der Waals surface area contributed by atoms with Crippen LogP contribution in [0.1, 0.15) is 40.0 Å². The normalized spacial score (nSPS) is 25.2. The monoisotopic (exact) mass is 228 g/mol. The summed E-state index contributed by atoms with van der Waals surface area (Å²) in [7, 11) is 1.35. The van der Waals surface area contributed by atoms with E-state index in [0.717, 1.165) is 12.8 Å². The van der Waals surface area contributed by atoms with Crippen molar-refractivity contribution in [2.24, 2.45) is 11.8 Å². The molecule has 0 bridgehead atoms. The van der Waals surface area contributed by atoms with Gasteiger partial charge in [0.1, 0.15) is 5.60 Å². The van der Waals surface area contributed by atoms with E-state index in [0.29, 0.717) is 6.42 Å². The summed E-state index contributed by atoms with van der Waals surface area (Å²) in [5.41, 5.74) is -0.500. The topological polar surface area (TPSA) is 52.6 Å². The van der Waals surface area contributed by atoms with E-state index < -0.39 is 5.60 Å². The van der Waals surface area contributed by atoms with Gasteiger partial charge in [-0.25, -0.2) is 0 Å². The fraction of sp³-hybridized carbons (Fsp3) is 0.833. The first kappa shape index (κ1) is 13.0. The van der Waals surface area contributed by atoms with Crippen molar-refractivity contribution in [3.8, 4) is 0 Å². The van der Waals surface area contributed by atoms with Crippen LogP contribution in [0.5, 0.6) is 0 Å². The lowest BCUT2D eigenvalue weighted by molar-refractivity contribution is -0.166. The van der Waals surface area contributed by atoms with E-state index in [9.17, 15) is 9.59 Å². The second kappa shape index (κ2) is 4.85. The Labute approximate surface area is 96.3 Å². The standard InChI is InChI=1S/C12H20O4/c1-12(2,3)16-11(14)9-7-5-6-8(9)10(13)15-4/h8-9H,5-7H2,1-4H3. The van der Waals surface area contributed by atoms with Gasteiger partial charge >= 0.3 is 11.9 Å². The van der Waals surface area contributed by atoms with Crippen LogP contribution in [0, 0.1) is 11.8 Å². The van der Waals surface area contributed by atoms with E-state index >= 15 is 0 Å². The predicted octanol–water partition coefficient (Wildman–Crippen LogP) is 1.92. The molecule has 1 fully saturated rings. The average molecular weight is 228 g/mol. The summed E-state index contributed by atoms with van der Waals surface area (Å²) in [6.45, 7) is 5.48. The highest BCUT2D eigenvalue weighted by molar-refractivity contribution is 5.82. The van der Waals surface area contributed by atoms with Crippen LogP contribution in [-0.4, -0.2) is 24.6 Å². The molecule has 1 aliphatic carbocycles. The molecule has 0 spiro atoms. The Bertz CT molecular complexity index is 277. The molecule has 0 aromatic heterocycles. The maximum absolute atomic E-state index is 11.9. The van der Waals surface area contributed by atoms with Crippen LogP contribution >= 0.6 is 0 Å². The zero-order chi connectivity index (χ0) is 12.3. The van der Waals surface area contributed by atoms with E-state index in [1.54, 1.807) is 0 Å². The van der Waals surface area contributed by atoms with E-state index in [-0.39, 0.29) is 23.8 Å². The third-order valence-corrected chi connectivity index (χ3v) is 2.73. The molecule has 16 heavy (non-hydrogen) atoms. The van der Waals surface area contributed by atoms with Crippen molar-refractivity contribution in [2.75, 3.05) is 7.11 Å². The van der Waals surface area contributed by atoms with Crippen molar-refractivity contribution in [2.45, 2.75) is 45.6 Å². The lowest BCUT2D eigenvalue weighted by Gasteiger charge is -2.24. The minimum absolute atomic E-state index is 0.277. The van der Waals surface area contributed by atoms with E-state index in [1.807, 2.05) is 20.8 Å². The molecule has 1 rings (SSSR count). The molecule has 0 aromatic rings. The number of carbonyl (C=O) groups excluding carboxylic acids is 2. The average Bonchev–Trinajstić information content (AvgIpc) is 2.62. The molecular weight excluding hydrogens is 208 g/mol. The first-order valence-electron chi connectivity index (χ1n) is 5.66. The predicted molar refractivity (Wildman–Crippen MR) is 58.7 cm³/mol. The van der Waals surface area contributed by atoms with Crippen molar-refractivity contribution in [1.82, 2.24) is 0 Å². The number of rotatable bonds is 2. The van der Waals surface area contributed by atoms with Crippen molar-refractivity contribution in [3.05, 3.63) is 0 Å². The summed E-state index contributed by atoms with van der Waals surface area (Å²) < 4.78 is 10.00. The molecule has 92 valence electrons. The smallest absolute Gasteiger partial charge is 0.310 e. The Hall–Kier alpha value is -1.06. The van der Waals surface area contributed by atoms with Crippen molar-refractivity contribution < 1.29 is 19.1 Å². The Morgan fingerprint density at radius 3 is 2.00 bits per heavy atom. The lowest BCUT2D eigenvalue weighted by atomic mass is 9.96. The second-order valence-corrected chi connectivity index (χ2v) is 5.20. The van der Waals surface area contributed by atoms with Gasteiger partial charge in [-0.1, -0.05) is 6.42 Å². The molecule has 0 amide bonds. The third-order valence-electron chi connectivity index (χ3n) is 2.73. The molecule has 1 aliphatic rings. The number of ether oxygens (including phenoxy) is 2. The van der Waals surface area contributed by atoms with Crippen LogP contribution in [0.15, 0.2) is 0 Å². The molecule has 1 saturated carbocycles. The van der Waals surface area contributed by atoms with Gasteiger partial charge in [-0.2, -0.15) is 0 Å².